The molecule has 1 aliphatic rings. The van der Waals surface area contributed by atoms with Crippen LogP contribution in [0.3, 0.4) is 0 Å². The zero-order valence-electron chi connectivity index (χ0n) is 9.43. The highest BCUT2D eigenvalue weighted by molar-refractivity contribution is 5.99. The topological polar surface area (TPSA) is 40.6 Å². The molecule has 0 atom stereocenters. The van der Waals surface area contributed by atoms with E-state index in [4.69, 9.17) is 0 Å². The van der Waals surface area contributed by atoms with Gasteiger partial charge in [-0.05, 0) is 18.6 Å². The molecule has 0 saturated carbocycles. The molecule has 0 aromatic heterocycles. The van der Waals surface area contributed by atoms with Crippen LogP contribution in [0.1, 0.15) is 12.5 Å². The number of carbonyl (C=O) groups is 2. The zero-order valence-corrected chi connectivity index (χ0v) is 9.43. The monoisotopic (exact) mass is 218 g/mol. The minimum absolute atomic E-state index is 0.0153. The summed E-state index contributed by atoms with van der Waals surface area (Å²) < 4.78 is 0. The van der Waals surface area contributed by atoms with Crippen LogP contribution in [0.25, 0.3) is 0 Å². The van der Waals surface area contributed by atoms with Crippen LogP contribution >= 0.6 is 0 Å². The highest BCUT2D eigenvalue weighted by Crippen LogP contribution is 2.27. The van der Waals surface area contributed by atoms with Crippen LogP contribution in [0.2, 0.25) is 0 Å². The summed E-state index contributed by atoms with van der Waals surface area (Å²) in [4.78, 5) is 26.2. The summed E-state index contributed by atoms with van der Waals surface area (Å²) in [6.45, 7) is 2.23. The van der Waals surface area contributed by atoms with Gasteiger partial charge in [0.25, 0.3) is 0 Å². The lowest BCUT2D eigenvalue weighted by atomic mass is 10.1. The maximum Gasteiger partial charge on any atom is 0.324 e. The summed E-state index contributed by atoms with van der Waals surface area (Å²) in [5.41, 5.74) is 1.92. The van der Waals surface area contributed by atoms with E-state index in [1.54, 1.807) is 11.9 Å². The van der Waals surface area contributed by atoms with Crippen LogP contribution in [0.5, 0.6) is 0 Å². The van der Waals surface area contributed by atoms with Crippen molar-refractivity contribution in [1.82, 2.24) is 4.90 Å². The molecule has 0 N–H and O–H groups in total. The van der Waals surface area contributed by atoms with Gasteiger partial charge in [-0.2, -0.15) is 0 Å². The molecule has 0 spiro atoms. The molecule has 2 amide bonds. The number of carbonyl (C=O) groups excluding carboxylic acids is 2. The second kappa shape index (κ2) is 3.96. The number of fused-ring (bicyclic) bond motifs is 1. The third-order valence-electron chi connectivity index (χ3n) is 2.63. The number of benzene rings is 1. The number of para-hydroxylation sites is 1. The molecule has 1 aromatic carbocycles. The van der Waals surface area contributed by atoms with Gasteiger partial charge in [-0.1, -0.05) is 18.2 Å². The lowest BCUT2D eigenvalue weighted by molar-refractivity contribution is -0.115. The Kier molecular flexibility index (Phi) is 2.64. The molecule has 16 heavy (non-hydrogen) atoms. The van der Waals surface area contributed by atoms with E-state index in [1.165, 1.54) is 11.8 Å². The maximum atomic E-state index is 11.9. The van der Waals surface area contributed by atoms with E-state index in [9.17, 15) is 9.59 Å². The number of amides is 2. The fourth-order valence-corrected chi connectivity index (χ4v) is 1.92. The fourth-order valence-electron chi connectivity index (χ4n) is 1.92. The molecule has 0 radical (unpaired) electrons. The highest BCUT2D eigenvalue weighted by atomic mass is 16.2. The van der Waals surface area contributed by atoms with E-state index in [2.05, 4.69) is 0 Å². The van der Waals surface area contributed by atoms with Crippen molar-refractivity contribution in [2.75, 3.05) is 18.5 Å². The van der Waals surface area contributed by atoms with Gasteiger partial charge >= 0.3 is 6.03 Å². The molecule has 4 heteroatoms. The summed E-state index contributed by atoms with van der Waals surface area (Å²) in [7, 11) is 1.74. The molecule has 0 aliphatic carbocycles. The average molecular weight is 218 g/mol. The van der Waals surface area contributed by atoms with Crippen molar-refractivity contribution in [1.29, 1.82) is 0 Å². The molecule has 1 heterocycles. The van der Waals surface area contributed by atoms with E-state index >= 15 is 0 Å². The molecule has 0 unspecified atom stereocenters. The van der Waals surface area contributed by atoms with Gasteiger partial charge in [0.15, 0.2) is 0 Å². The molecule has 4 nitrogen and oxygen atoms in total. The van der Waals surface area contributed by atoms with E-state index in [1.807, 2.05) is 24.3 Å². The summed E-state index contributed by atoms with van der Waals surface area (Å²) in [5, 5.41) is 0. The number of rotatable bonds is 2. The molecule has 0 saturated heterocycles. The van der Waals surface area contributed by atoms with Crippen molar-refractivity contribution in [3.63, 3.8) is 0 Å². The Morgan fingerprint density at radius 3 is 2.75 bits per heavy atom. The lowest BCUT2D eigenvalue weighted by Crippen LogP contribution is -2.47. The minimum Gasteiger partial charge on any atom is -0.323 e. The molecule has 0 bridgehead atoms. The Bertz CT molecular complexity index is 442. The van der Waals surface area contributed by atoms with E-state index < -0.39 is 0 Å². The molecular formula is C12H14N2O2. The standard InChI is InChI=1S/C12H14N2O2/c1-9(15)7-14-11-6-4-3-5-10(11)8-13(2)12(14)16/h3-6H,7-8H2,1-2H3. The molecule has 1 aliphatic heterocycles. The SMILES string of the molecule is CC(=O)CN1C(=O)N(C)Cc2ccccc21. The first-order valence-electron chi connectivity index (χ1n) is 5.19. The molecule has 0 fully saturated rings. The molecule has 2 rings (SSSR count). The average Bonchev–Trinajstić information content (AvgIpc) is 2.24. The van der Waals surface area contributed by atoms with Gasteiger partial charge in [0.1, 0.15) is 5.78 Å². The van der Waals surface area contributed by atoms with Crippen LogP contribution in [0.4, 0.5) is 10.5 Å². The van der Waals surface area contributed by atoms with Crippen LogP contribution in [0.15, 0.2) is 24.3 Å². The Balaban J connectivity index is 2.41. The second-order valence-electron chi connectivity index (χ2n) is 4.06. The predicted molar refractivity (Wildman–Crippen MR) is 61.3 cm³/mol. The first-order valence-corrected chi connectivity index (χ1v) is 5.19. The van der Waals surface area contributed by atoms with Crippen molar-refractivity contribution < 1.29 is 9.59 Å². The third kappa shape index (κ3) is 1.78. The van der Waals surface area contributed by atoms with Crippen molar-refractivity contribution in [3.8, 4) is 0 Å². The van der Waals surface area contributed by atoms with Gasteiger partial charge in [-0.15, -0.1) is 0 Å². The minimum atomic E-state index is -0.117. The number of nitrogens with zero attached hydrogens (tertiary/aromatic N) is 2. The smallest absolute Gasteiger partial charge is 0.323 e. The number of hydrogen-bond donors (Lipinski definition) is 0. The van der Waals surface area contributed by atoms with Crippen LogP contribution < -0.4 is 4.90 Å². The summed E-state index contributed by atoms with van der Waals surface area (Å²) in [6.07, 6.45) is 0. The number of ketones is 1. The Morgan fingerprint density at radius 2 is 2.06 bits per heavy atom. The van der Waals surface area contributed by atoms with Crippen LogP contribution in [0, 0.1) is 0 Å². The summed E-state index contributed by atoms with van der Waals surface area (Å²) in [5.74, 6) is -0.0153. The highest BCUT2D eigenvalue weighted by Gasteiger charge is 2.28. The van der Waals surface area contributed by atoms with Gasteiger partial charge in [0.05, 0.1) is 12.2 Å². The Morgan fingerprint density at radius 1 is 1.38 bits per heavy atom. The van der Waals surface area contributed by atoms with Gasteiger partial charge in [-0.25, -0.2) is 4.79 Å². The zero-order chi connectivity index (χ0) is 11.7. The van der Waals surface area contributed by atoms with E-state index in [0.717, 1.165) is 11.3 Å². The lowest BCUT2D eigenvalue weighted by Gasteiger charge is -2.34. The summed E-state index contributed by atoms with van der Waals surface area (Å²) >= 11 is 0. The second-order valence-corrected chi connectivity index (χ2v) is 4.06. The number of hydrogen-bond acceptors (Lipinski definition) is 2. The largest absolute Gasteiger partial charge is 0.324 e. The molecule has 1 aromatic rings. The fraction of sp³-hybridized carbons (Fsp3) is 0.333. The molecular weight excluding hydrogens is 204 g/mol. The first kappa shape index (κ1) is 10.7. The maximum absolute atomic E-state index is 11.9. The predicted octanol–water partition coefficient (Wildman–Crippen LogP) is 1.65. The number of urea groups is 1. The number of Topliss-reactive ketones (excluding diaryl/α,β-unsaturated/α-hetero) is 1. The van der Waals surface area contributed by atoms with Gasteiger partial charge in [0, 0.05) is 13.6 Å². The van der Waals surface area contributed by atoms with Crippen molar-refractivity contribution >= 4 is 17.5 Å². The van der Waals surface area contributed by atoms with E-state index in [0.29, 0.717) is 6.54 Å². The van der Waals surface area contributed by atoms with Crippen molar-refractivity contribution in [2.45, 2.75) is 13.5 Å². The van der Waals surface area contributed by atoms with Crippen molar-refractivity contribution in [2.24, 2.45) is 0 Å². The van der Waals surface area contributed by atoms with Gasteiger partial charge in [0.2, 0.25) is 0 Å². The quantitative estimate of drug-likeness (QED) is 0.757. The normalized spacial score (nSPS) is 15.0. The molecule has 84 valence electrons. The van der Waals surface area contributed by atoms with E-state index in [-0.39, 0.29) is 18.4 Å². The van der Waals surface area contributed by atoms with Gasteiger partial charge in [-0.3, -0.25) is 9.69 Å². The Hall–Kier alpha value is -1.84. The van der Waals surface area contributed by atoms with Gasteiger partial charge < -0.3 is 4.90 Å². The Labute approximate surface area is 94.5 Å². The number of anilines is 1. The van der Waals surface area contributed by atoms with Crippen molar-refractivity contribution in [3.05, 3.63) is 29.8 Å². The first-order chi connectivity index (χ1) is 7.59. The summed E-state index contributed by atoms with van der Waals surface area (Å²) in [6, 6.07) is 7.56. The van der Waals surface area contributed by atoms with Crippen LogP contribution in [-0.4, -0.2) is 30.3 Å². The van der Waals surface area contributed by atoms with Crippen LogP contribution in [-0.2, 0) is 11.3 Å². The third-order valence-corrected chi connectivity index (χ3v) is 2.63.